The van der Waals surface area contributed by atoms with Crippen molar-refractivity contribution in [2.45, 2.75) is 6.92 Å². The van der Waals surface area contributed by atoms with Crippen LogP contribution in [0.1, 0.15) is 17.3 Å². The summed E-state index contributed by atoms with van der Waals surface area (Å²) in [6.07, 6.45) is 0. The molecule has 0 spiro atoms. The number of benzene rings is 2. The van der Waals surface area contributed by atoms with E-state index in [4.69, 9.17) is 27.9 Å². The average molecular weight is 367 g/mol. The van der Waals surface area contributed by atoms with Crippen molar-refractivity contribution in [3.63, 3.8) is 0 Å². The smallest absolute Gasteiger partial charge is 0.259 e. The van der Waals surface area contributed by atoms with Gasteiger partial charge in [0.15, 0.2) is 5.13 Å². The molecule has 0 saturated heterocycles. The Hall–Kier alpha value is -1.82. The Labute approximate surface area is 147 Å². The van der Waals surface area contributed by atoms with Crippen LogP contribution in [0.5, 0.6) is 5.75 Å². The van der Waals surface area contributed by atoms with Gasteiger partial charge in [-0.1, -0.05) is 34.5 Å². The maximum absolute atomic E-state index is 12.3. The molecular weight excluding hydrogens is 355 g/mol. The van der Waals surface area contributed by atoms with Crippen molar-refractivity contribution in [2.75, 3.05) is 11.9 Å². The largest absolute Gasteiger partial charge is 0.494 e. The summed E-state index contributed by atoms with van der Waals surface area (Å²) in [5, 5.41) is 4.04. The molecule has 0 radical (unpaired) electrons. The van der Waals surface area contributed by atoms with Crippen LogP contribution in [0.3, 0.4) is 0 Å². The highest BCUT2D eigenvalue weighted by Crippen LogP contribution is 2.30. The minimum absolute atomic E-state index is 0.313. The van der Waals surface area contributed by atoms with E-state index in [2.05, 4.69) is 10.3 Å². The third-order valence-corrected chi connectivity index (χ3v) is 4.56. The van der Waals surface area contributed by atoms with Crippen molar-refractivity contribution in [3.05, 3.63) is 52.0 Å². The van der Waals surface area contributed by atoms with Gasteiger partial charge < -0.3 is 4.74 Å². The summed E-state index contributed by atoms with van der Waals surface area (Å²) in [5.74, 6) is 0.431. The number of amides is 1. The van der Waals surface area contributed by atoms with E-state index in [0.717, 1.165) is 16.0 Å². The molecule has 7 heteroatoms. The summed E-state index contributed by atoms with van der Waals surface area (Å²) in [6, 6.07) is 10.4. The van der Waals surface area contributed by atoms with Gasteiger partial charge in [0.2, 0.25) is 0 Å². The Bertz CT molecular complexity index is 880. The third kappa shape index (κ3) is 3.58. The number of halogens is 2. The fourth-order valence-corrected chi connectivity index (χ4v) is 3.32. The van der Waals surface area contributed by atoms with Crippen LogP contribution in [-0.2, 0) is 0 Å². The highest BCUT2D eigenvalue weighted by Gasteiger charge is 2.14. The Morgan fingerprint density at radius 1 is 1.26 bits per heavy atom. The minimum Gasteiger partial charge on any atom is -0.494 e. The topological polar surface area (TPSA) is 51.2 Å². The van der Waals surface area contributed by atoms with Crippen molar-refractivity contribution in [1.29, 1.82) is 0 Å². The molecule has 3 aromatic rings. The van der Waals surface area contributed by atoms with Gasteiger partial charge in [0.25, 0.3) is 5.91 Å². The SMILES string of the molecule is CCOc1ccc2nc(NC(=O)c3cc(Cl)ccc3Cl)sc2c1. The predicted octanol–water partition coefficient (Wildman–Crippen LogP) is 5.25. The van der Waals surface area contributed by atoms with Gasteiger partial charge in [-0.3, -0.25) is 10.1 Å². The van der Waals surface area contributed by atoms with E-state index in [0.29, 0.717) is 27.3 Å². The molecule has 0 saturated carbocycles. The molecule has 1 aromatic heterocycles. The summed E-state index contributed by atoms with van der Waals surface area (Å²) < 4.78 is 6.40. The molecule has 0 unspecified atom stereocenters. The molecule has 4 nitrogen and oxygen atoms in total. The molecule has 0 aliphatic rings. The predicted molar refractivity (Wildman–Crippen MR) is 95.2 cm³/mol. The summed E-state index contributed by atoms with van der Waals surface area (Å²) in [7, 11) is 0. The Kier molecular flexibility index (Phi) is 4.71. The normalized spacial score (nSPS) is 10.7. The first-order valence-corrected chi connectivity index (χ1v) is 8.44. The lowest BCUT2D eigenvalue weighted by Gasteiger charge is -2.04. The molecule has 0 aliphatic carbocycles. The summed E-state index contributed by atoms with van der Waals surface area (Å²) in [4.78, 5) is 16.7. The number of anilines is 1. The van der Waals surface area contributed by atoms with Gasteiger partial charge in [-0.2, -0.15) is 0 Å². The van der Waals surface area contributed by atoms with Crippen LogP contribution >= 0.6 is 34.5 Å². The quantitative estimate of drug-likeness (QED) is 0.685. The van der Waals surface area contributed by atoms with E-state index in [1.54, 1.807) is 12.1 Å². The molecule has 0 atom stereocenters. The van der Waals surface area contributed by atoms with Crippen molar-refractivity contribution in [2.24, 2.45) is 0 Å². The van der Waals surface area contributed by atoms with Crippen molar-refractivity contribution in [1.82, 2.24) is 4.98 Å². The first-order chi connectivity index (χ1) is 11.1. The molecule has 0 bridgehead atoms. The number of hydrogen-bond acceptors (Lipinski definition) is 4. The van der Waals surface area contributed by atoms with Gasteiger partial charge in [0, 0.05) is 5.02 Å². The van der Waals surface area contributed by atoms with Crippen LogP contribution in [0.15, 0.2) is 36.4 Å². The molecule has 118 valence electrons. The van der Waals surface area contributed by atoms with Crippen LogP contribution in [0.4, 0.5) is 5.13 Å². The maximum Gasteiger partial charge on any atom is 0.259 e. The summed E-state index contributed by atoms with van der Waals surface area (Å²) >= 11 is 13.3. The lowest BCUT2D eigenvalue weighted by atomic mass is 10.2. The third-order valence-electron chi connectivity index (χ3n) is 3.06. The molecule has 2 aromatic carbocycles. The van der Waals surface area contributed by atoms with Crippen molar-refractivity contribution in [3.8, 4) is 5.75 Å². The van der Waals surface area contributed by atoms with Crippen LogP contribution in [0.25, 0.3) is 10.2 Å². The van der Waals surface area contributed by atoms with Crippen LogP contribution < -0.4 is 10.1 Å². The average Bonchev–Trinajstić information content (AvgIpc) is 2.91. The van der Waals surface area contributed by atoms with Crippen molar-refractivity contribution >= 4 is 55.8 Å². The van der Waals surface area contributed by atoms with Gasteiger partial charge in [-0.05, 0) is 43.3 Å². The van der Waals surface area contributed by atoms with E-state index < -0.39 is 0 Å². The first kappa shape index (κ1) is 16.1. The second kappa shape index (κ2) is 6.74. The monoisotopic (exact) mass is 366 g/mol. The van der Waals surface area contributed by atoms with E-state index >= 15 is 0 Å². The number of carbonyl (C=O) groups excluding carboxylic acids is 1. The van der Waals surface area contributed by atoms with E-state index in [1.807, 2.05) is 25.1 Å². The van der Waals surface area contributed by atoms with E-state index in [9.17, 15) is 4.79 Å². The molecule has 23 heavy (non-hydrogen) atoms. The zero-order valence-electron chi connectivity index (χ0n) is 12.1. The van der Waals surface area contributed by atoms with E-state index in [-0.39, 0.29) is 5.91 Å². The number of nitrogens with one attached hydrogen (secondary N) is 1. The molecule has 0 fully saturated rings. The minimum atomic E-state index is -0.346. The van der Waals surface area contributed by atoms with E-state index in [1.165, 1.54) is 17.4 Å². The number of carbonyl (C=O) groups is 1. The van der Waals surface area contributed by atoms with Gasteiger partial charge >= 0.3 is 0 Å². The number of thiazole rings is 1. The fraction of sp³-hybridized carbons (Fsp3) is 0.125. The number of rotatable bonds is 4. The molecule has 1 heterocycles. The highest BCUT2D eigenvalue weighted by atomic mass is 35.5. The Balaban J connectivity index is 1.86. The lowest BCUT2D eigenvalue weighted by Crippen LogP contribution is -2.12. The second-order valence-corrected chi connectivity index (χ2v) is 6.53. The maximum atomic E-state index is 12.3. The first-order valence-electron chi connectivity index (χ1n) is 6.86. The van der Waals surface area contributed by atoms with Gasteiger partial charge in [0.05, 0.1) is 27.4 Å². The fourth-order valence-electron chi connectivity index (χ4n) is 2.05. The van der Waals surface area contributed by atoms with Crippen molar-refractivity contribution < 1.29 is 9.53 Å². The standard InChI is InChI=1S/C16H12Cl2N2O2S/c1-2-22-10-4-6-13-14(8-10)23-16(19-13)20-15(21)11-7-9(17)3-5-12(11)18/h3-8H,2H2,1H3,(H,19,20,21). The molecule has 3 rings (SSSR count). The number of hydrogen-bond donors (Lipinski definition) is 1. The molecule has 0 aliphatic heterocycles. The Morgan fingerprint density at radius 2 is 2.09 bits per heavy atom. The summed E-state index contributed by atoms with van der Waals surface area (Å²) in [5.41, 5.74) is 1.11. The van der Waals surface area contributed by atoms with Crippen LogP contribution in [0.2, 0.25) is 10.0 Å². The number of nitrogens with zero attached hydrogens (tertiary/aromatic N) is 1. The number of aromatic nitrogens is 1. The zero-order chi connectivity index (χ0) is 16.4. The molecular formula is C16H12Cl2N2O2S. The van der Waals surface area contributed by atoms with Gasteiger partial charge in [-0.25, -0.2) is 4.98 Å². The summed E-state index contributed by atoms with van der Waals surface area (Å²) in [6.45, 7) is 2.53. The lowest BCUT2D eigenvalue weighted by molar-refractivity contribution is 0.102. The van der Waals surface area contributed by atoms with Gasteiger partial charge in [-0.15, -0.1) is 0 Å². The van der Waals surface area contributed by atoms with Gasteiger partial charge in [0.1, 0.15) is 5.75 Å². The van der Waals surface area contributed by atoms with Crippen LogP contribution in [-0.4, -0.2) is 17.5 Å². The van der Waals surface area contributed by atoms with Crippen LogP contribution in [0, 0.1) is 0 Å². The number of ether oxygens (including phenoxy) is 1. The molecule has 1 amide bonds. The Morgan fingerprint density at radius 3 is 2.87 bits per heavy atom. The number of fused-ring (bicyclic) bond motifs is 1. The highest BCUT2D eigenvalue weighted by molar-refractivity contribution is 7.22. The second-order valence-electron chi connectivity index (χ2n) is 4.66. The zero-order valence-corrected chi connectivity index (χ0v) is 14.4. The molecule has 1 N–H and O–H groups in total.